The van der Waals surface area contributed by atoms with Crippen molar-refractivity contribution in [3.8, 4) is 0 Å². The van der Waals surface area contributed by atoms with E-state index in [1.54, 1.807) is 0 Å². The van der Waals surface area contributed by atoms with Crippen LogP contribution < -0.4 is 0 Å². The maximum atomic E-state index is 12.5. The zero-order valence-electron chi connectivity index (χ0n) is 7.56. The Hall–Kier alpha value is -2.12. The molecule has 0 atom stereocenters. The van der Waals surface area contributed by atoms with E-state index in [4.69, 9.17) is 5.11 Å². The Kier molecular flexibility index (Phi) is 2.07. The van der Waals surface area contributed by atoms with Gasteiger partial charge in [-0.25, -0.2) is 14.8 Å². The minimum Gasteiger partial charge on any atom is -0.478 e. The molecular formula is C8H4F3N3O2. The molecule has 0 aliphatic rings. The molecule has 0 bridgehead atoms. The van der Waals surface area contributed by atoms with Crippen molar-refractivity contribution in [2.75, 3.05) is 0 Å². The van der Waals surface area contributed by atoms with Gasteiger partial charge < -0.3 is 5.11 Å². The second-order valence-corrected chi connectivity index (χ2v) is 2.94. The minimum absolute atomic E-state index is 0.197. The van der Waals surface area contributed by atoms with Crippen molar-refractivity contribution in [3.63, 3.8) is 0 Å². The Bertz CT molecular complexity index is 561. The number of aromatic nitrogens is 3. The van der Waals surface area contributed by atoms with Gasteiger partial charge in [0.2, 0.25) is 5.78 Å². The van der Waals surface area contributed by atoms with Gasteiger partial charge in [-0.2, -0.15) is 13.2 Å². The molecule has 0 saturated heterocycles. The predicted octanol–water partition coefficient (Wildman–Crippen LogP) is 1.45. The number of rotatable bonds is 1. The fourth-order valence-corrected chi connectivity index (χ4v) is 1.23. The molecule has 2 aromatic heterocycles. The molecule has 5 nitrogen and oxygen atoms in total. The highest BCUT2D eigenvalue weighted by atomic mass is 19.4. The van der Waals surface area contributed by atoms with Gasteiger partial charge in [0.05, 0.1) is 0 Å². The van der Waals surface area contributed by atoms with Crippen molar-refractivity contribution >= 4 is 11.7 Å². The summed E-state index contributed by atoms with van der Waals surface area (Å²) in [6, 6.07) is 0. The SMILES string of the molecule is O=C(O)c1cn2ccnc2nc1C(F)(F)F. The van der Waals surface area contributed by atoms with Crippen LogP contribution >= 0.6 is 0 Å². The van der Waals surface area contributed by atoms with Crippen molar-refractivity contribution in [2.24, 2.45) is 0 Å². The summed E-state index contributed by atoms with van der Waals surface area (Å²) in [4.78, 5) is 17.4. The van der Waals surface area contributed by atoms with E-state index < -0.39 is 23.4 Å². The van der Waals surface area contributed by atoms with Crippen LogP contribution in [0.1, 0.15) is 16.1 Å². The second kappa shape index (κ2) is 3.19. The minimum atomic E-state index is -4.82. The van der Waals surface area contributed by atoms with Crippen LogP contribution in [0.4, 0.5) is 13.2 Å². The van der Waals surface area contributed by atoms with Crippen LogP contribution in [0, 0.1) is 0 Å². The van der Waals surface area contributed by atoms with Crippen LogP contribution in [-0.4, -0.2) is 25.4 Å². The van der Waals surface area contributed by atoms with E-state index in [-0.39, 0.29) is 5.78 Å². The van der Waals surface area contributed by atoms with Gasteiger partial charge in [0.1, 0.15) is 5.56 Å². The molecule has 0 aliphatic heterocycles. The molecule has 0 amide bonds. The molecule has 0 unspecified atom stereocenters. The number of carboxylic acids is 1. The Balaban J connectivity index is 2.77. The molecule has 0 aliphatic carbocycles. The molecule has 0 aromatic carbocycles. The van der Waals surface area contributed by atoms with Gasteiger partial charge >= 0.3 is 12.1 Å². The molecule has 0 fully saturated rings. The van der Waals surface area contributed by atoms with Gasteiger partial charge in [0, 0.05) is 18.6 Å². The Labute approximate surface area is 86.2 Å². The first kappa shape index (κ1) is 10.4. The third-order valence-corrected chi connectivity index (χ3v) is 1.88. The quantitative estimate of drug-likeness (QED) is 0.806. The predicted molar refractivity (Wildman–Crippen MR) is 44.9 cm³/mol. The van der Waals surface area contributed by atoms with Crippen LogP contribution in [-0.2, 0) is 6.18 Å². The van der Waals surface area contributed by atoms with E-state index in [0.29, 0.717) is 0 Å². The lowest BCUT2D eigenvalue weighted by molar-refractivity contribution is -0.141. The summed E-state index contributed by atoms with van der Waals surface area (Å²) >= 11 is 0. The maximum absolute atomic E-state index is 12.5. The zero-order valence-corrected chi connectivity index (χ0v) is 7.56. The highest BCUT2D eigenvalue weighted by Gasteiger charge is 2.38. The standard InChI is InChI=1S/C8H4F3N3O2/c9-8(10,11)5-4(6(15)16)3-14-2-1-12-7(14)13-5/h1-3H,(H,15,16). The van der Waals surface area contributed by atoms with E-state index in [1.165, 1.54) is 12.4 Å². The lowest BCUT2D eigenvalue weighted by Gasteiger charge is -2.08. The van der Waals surface area contributed by atoms with Gasteiger partial charge in [0.15, 0.2) is 5.69 Å². The second-order valence-electron chi connectivity index (χ2n) is 2.94. The largest absolute Gasteiger partial charge is 0.478 e. The lowest BCUT2D eigenvalue weighted by Crippen LogP contribution is -2.16. The lowest BCUT2D eigenvalue weighted by atomic mass is 10.2. The zero-order chi connectivity index (χ0) is 11.9. The van der Waals surface area contributed by atoms with Gasteiger partial charge in [-0.3, -0.25) is 4.40 Å². The van der Waals surface area contributed by atoms with Gasteiger partial charge in [0.25, 0.3) is 0 Å². The third-order valence-electron chi connectivity index (χ3n) is 1.88. The van der Waals surface area contributed by atoms with Crippen LogP contribution in [0.5, 0.6) is 0 Å². The van der Waals surface area contributed by atoms with Crippen molar-refractivity contribution in [1.29, 1.82) is 0 Å². The van der Waals surface area contributed by atoms with Gasteiger partial charge in [-0.1, -0.05) is 0 Å². The van der Waals surface area contributed by atoms with Crippen LogP contribution in [0.25, 0.3) is 5.78 Å². The average molecular weight is 231 g/mol. The number of fused-ring (bicyclic) bond motifs is 1. The highest BCUT2D eigenvalue weighted by Crippen LogP contribution is 2.30. The molecule has 16 heavy (non-hydrogen) atoms. The van der Waals surface area contributed by atoms with Gasteiger partial charge in [-0.05, 0) is 0 Å². The third kappa shape index (κ3) is 1.58. The van der Waals surface area contributed by atoms with Crippen LogP contribution in [0.2, 0.25) is 0 Å². The number of hydrogen-bond donors (Lipinski definition) is 1. The van der Waals surface area contributed by atoms with E-state index in [9.17, 15) is 18.0 Å². The monoisotopic (exact) mass is 231 g/mol. The molecule has 0 radical (unpaired) electrons. The summed E-state index contributed by atoms with van der Waals surface area (Å²) in [7, 11) is 0. The fourth-order valence-electron chi connectivity index (χ4n) is 1.23. The number of nitrogens with zero attached hydrogens (tertiary/aromatic N) is 3. The Morgan fingerprint density at radius 2 is 2.12 bits per heavy atom. The fraction of sp³-hybridized carbons (Fsp3) is 0.125. The Morgan fingerprint density at radius 1 is 1.44 bits per heavy atom. The smallest absolute Gasteiger partial charge is 0.434 e. The number of alkyl halides is 3. The summed E-state index contributed by atoms with van der Waals surface area (Å²) < 4.78 is 38.5. The molecule has 2 heterocycles. The summed E-state index contributed by atoms with van der Waals surface area (Å²) in [5, 5.41) is 8.65. The summed E-state index contributed by atoms with van der Waals surface area (Å²) in [5.74, 6) is -1.88. The van der Waals surface area contributed by atoms with E-state index in [2.05, 4.69) is 9.97 Å². The van der Waals surface area contributed by atoms with Crippen LogP contribution in [0.3, 0.4) is 0 Å². The van der Waals surface area contributed by atoms with E-state index in [0.717, 1.165) is 10.6 Å². The number of imidazole rings is 1. The molecule has 8 heteroatoms. The molecule has 1 N–H and O–H groups in total. The van der Waals surface area contributed by atoms with E-state index in [1.807, 2.05) is 0 Å². The maximum Gasteiger partial charge on any atom is 0.434 e. The first-order chi connectivity index (χ1) is 7.39. The van der Waals surface area contributed by atoms with Crippen molar-refractivity contribution in [2.45, 2.75) is 6.18 Å². The number of halogens is 3. The number of carbonyl (C=O) groups is 1. The molecule has 0 saturated carbocycles. The number of hydrogen-bond acceptors (Lipinski definition) is 3. The topological polar surface area (TPSA) is 67.5 Å². The molecule has 0 spiro atoms. The molecule has 84 valence electrons. The first-order valence-electron chi connectivity index (χ1n) is 4.04. The molecular weight excluding hydrogens is 227 g/mol. The molecule has 2 aromatic rings. The van der Waals surface area contributed by atoms with Gasteiger partial charge in [-0.15, -0.1) is 0 Å². The number of carboxylic acid groups (broad SMARTS) is 1. The van der Waals surface area contributed by atoms with Crippen LogP contribution in [0.15, 0.2) is 18.6 Å². The van der Waals surface area contributed by atoms with E-state index >= 15 is 0 Å². The summed E-state index contributed by atoms with van der Waals surface area (Å²) in [6.07, 6.45) is -1.44. The molecule has 2 rings (SSSR count). The highest BCUT2D eigenvalue weighted by molar-refractivity contribution is 5.89. The summed E-state index contributed by atoms with van der Waals surface area (Å²) in [6.45, 7) is 0. The van der Waals surface area contributed by atoms with Crippen molar-refractivity contribution in [1.82, 2.24) is 14.4 Å². The summed E-state index contributed by atoms with van der Waals surface area (Å²) in [5.41, 5.74) is -2.35. The average Bonchev–Trinajstić information content (AvgIpc) is 2.60. The van der Waals surface area contributed by atoms with Crippen molar-refractivity contribution in [3.05, 3.63) is 29.8 Å². The first-order valence-corrected chi connectivity index (χ1v) is 4.04. The van der Waals surface area contributed by atoms with Crippen molar-refractivity contribution < 1.29 is 23.1 Å². The normalized spacial score (nSPS) is 11.9. The number of aromatic carboxylic acids is 1. The Morgan fingerprint density at radius 3 is 2.69 bits per heavy atom.